The van der Waals surface area contributed by atoms with Crippen molar-refractivity contribution in [3.05, 3.63) is 54.2 Å². The third kappa shape index (κ3) is 1.58. The summed E-state index contributed by atoms with van der Waals surface area (Å²) < 4.78 is 5.20. The van der Waals surface area contributed by atoms with Crippen LogP contribution in [0, 0.1) is 11.3 Å². The Morgan fingerprint density at radius 3 is 2.72 bits per heavy atom. The average Bonchev–Trinajstić information content (AvgIpc) is 2.78. The molecule has 92 valence electrons. The minimum atomic E-state index is -0.0434. The number of nitrogens with zero attached hydrogens (tertiary/aromatic N) is 1. The van der Waals surface area contributed by atoms with Gasteiger partial charge in [0.15, 0.2) is 5.76 Å². The van der Waals surface area contributed by atoms with Crippen LogP contribution in [0.5, 0.6) is 0 Å². The maximum atomic E-state index is 12.3. The number of furan rings is 1. The van der Waals surface area contributed by atoms with Crippen LogP contribution in [0.3, 0.4) is 0 Å². The van der Waals surface area contributed by atoms with Crippen LogP contribution in [0.15, 0.2) is 47.2 Å². The van der Waals surface area contributed by atoms with Crippen molar-refractivity contribution in [2.45, 2.75) is 19.8 Å². The van der Waals surface area contributed by atoms with E-state index in [-0.39, 0.29) is 23.0 Å². The molecule has 0 aliphatic heterocycles. The number of Topliss-reactive ketones (excluding diaryl/α,β-unsaturated/α-hetero) is 1. The van der Waals surface area contributed by atoms with Crippen molar-refractivity contribution in [2.24, 2.45) is 11.3 Å². The van der Waals surface area contributed by atoms with Crippen LogP contribution in [0.2, 0.25) is 0 Å². The molecule has 0 saturated heterocycles. The van der Waals surface area contributed by atoms with E-state index in [1.807, 2.05) is 18.2 Å². The number of rotatable bonds is 3. The van der Waals surface area contributed by atoms with Crippen molar-refractivity contribution in [3.8, 4) is 0 Å². The van der Waals surface area contributed by atoms with Crippen molar-refractivity contribution in [1.29, 1.82) is 0 Å². The fraction of sp³-hybridized carbons (Fsp3) is 0.333. The van der Waals surface area contributed by atoms with Crippen LogP contribution < -0.4 is 0 Å². The first-order chi connectivity index (χ1) is 8.62. The van der Waals surface area contributed by atoms with E-state index in [1.54, 1.807) is 24.6 Å². The summed E-state index contributed by atoms with van der Waals surface area (Å²) in [4.78, 5) is 16.7. The summed E-state index contributed by atoms with van der Waals surface area (Å²) in [7, 11) is 0. The minimum absolute atomic E-state index is 0.0291. The number of carbonyl (C=O) groups excluding carboxylic acids is 1. The van der Waals surface area contributed by atoms with E-state index in [2.05, 4.69) is 18.8 Å². The van der Waals surface area contributed by atoms with Crippen molar-refractivity contribution in [3.63, 3.8) is 0 Å². The van der Waals surface area contributed by atoms with Gasteiger partial charge >= 0.3 is 0 Å². The van der Waals surface area contributed by atoms with Gasteiger partial charge in [0.2, 0.25) is 5.78 Å². The molecule has 3 rings (SSSR count). The molecule has 3 nitrogen and oxygen atoms in total. The summed E-state index contributed by atoms with van der Waals surface area (Å²) in [6, 6.07) is 9.32. The monoisotopic (exact) mass is 241 g/mol. The second-order valence-corrected chi connectivity index (χ2v) is 5.37. The number of carbonyl (C=O) groups is 1. The zero-order valence-electron chi connectivity index (χ0n) is 10.5. The van der Waals surface area contributed by atoms with E-state index >= 15 is 0 Å². The van der Waals surface area contributed by atoms with Gasteiger partial charge in [0, 0.05) is 23.7 Å². The third-order valence-electron chi connectivity index (χ3n) is 3.88. The van der Waals surface area contributed by atoms with E-state index in [0.29, 0.717) is 5.76 Å². The average molecular weight is 241 g/mol. The first-order valence-corrected chi connectivity index (χ1v) is 6.11. The van der Waals surface area contributed by atoms with E-state index < -0.39 is 0 Å². The van der Waals surface area contributed by atoms with Gasteiger partial charge in [0.05, 0.1) is 6.26 Å². The molecule has 1 saturated carbocycles. The SMILES string of the molecule is CC1(C)[C@H](C(=O)c2ccco2)[C@H]1c1ccccn1. The highest BCUT2D eigenvalue weighted by Crippen LogP contribution is 2.64. The lowest BCUT2D eigenvalue weighted by Gasteiger charge is -2.00. The Hall–Kier alpha value is -1.90. The molecule has 0 bridgehead atoms. The van der Waals surface area contributed by atoms with Crippen LogP contribution in [-0.2, 0) is 0 Å². The fourth-order valence-electron chi connectivity index (χ4n) is 2.81. The molecule has 0 unspecified atom stereocenters. The van der Waals surface area contributed by atoms with Crippen molar-refractivity contribution < 1.29 is 9.21 Å². The Balaban J connectivity index is 1.89. The molecular formula is C15H15NO2. The molecule has 2 aromatic rings. The van der Waals surface area contributed by atoms with Gasteiger partial charge in [-0.1, -0.05) is 19.9 Å². The van der Waals surface area contributed by atoms with Crippen LogP contribution in [-0.4, -0.2) is 10.8 Å². The molecule has 3 heteroatoms. The van der Waals surface area contributed by atoms with E-state index in [9.17, 15) is 4.79 Å². The molecule has 0 spiro atoms. The van der Waals surface area contributed by atoms with E-state index in [1.165, 1.54) is 0 Å². The second kappa shape index (κ2) is 3.80. The summed E-state index contributed by atoms with van der Waals surface area (Å²) in [5, 5.41) is 0. The topological polar surface area (TPSA) is 43.1 Å². The lowest BCUT2D eigenvalue weighted by molar-refractivity contribution is 0.0924. The summed E-state index contributed by atoms with van der Waals surface area (Å²) in [5.74, 6) is 0.696. The maximum Gasteiger partial charge on any atom is 0.202 e. The Bertz CT molecular complexity index is 557. The number of hydrogen-bond donors (Lipinski definition) is 0. The van der Waals surface area contributed by atoms with Gasteiger partial charge in [-0.05, 0) is 29.7 Å². The fourth-order valence-corrected chi connectivity index (χ4v) is 2.81. The highest BCUT2D eigenvalue weighted by molar-refractivity contribution is 5.99. The van der Waals surface area contributed by atoms with Gasteiger partial charge < -0.3 is 4.42 Å². The Kier molecular flexibility index (Phi) is 2.37. The van der Waals surface area contributed by atoms with Crippen molar-refractivity contribution in [2.75, 3.05) is 0 Å². The Morgan fingerprint density at radius 2 is 2.11 bits per heavy atom. The molecule has 2 atom stereocenters. The molecule has 0 radical (unpaired) electrons. The molecule has 0 N–H and O–H groups in total. The number of hydrogen-bond acceptors (Lipinski definition) is 3. The minimum Gasteiger partial charge on any atom is -0.461 e. The van der Waals surface area contributed by atoms with Crippen LogP contribution >= 0.6 is 0 Å². The van der Waals surface area contributed by atoms with Crippen molar-refractivity contribution >= 4 is 5.78 Å². The standard InChI is InChI=1S/C15H15NO2/c1-15(2)12(10-6-3-4-8-16-10)13(15)14(17)11-7-5-9-18-11/h3-9,12-13H,1-2H3/t12-,13+/m1/s1. The van der Waals surface area contributed by atoms with Crippen molar-refractivity contribution in [1.82, 2.24) is 4.98 Å². The lowest BCUT2D eigenvalue weighted by Crippen LogP contribution is -2.05. The van der Waals surface area contributed by atoms with Crippen LogP contribution in [0.4, 0.5) is 0 Å². The smallest absolute Gasteiger partial charge is 0.202 e. The van der Waals surface area contributed by atoms with Gasteiger partial charge in [-0.25, -0.2) is 0 Å². The molecule has 18 heavy (non-hydrogen) atoms. The van der Waals surface area contributed by atoms with Gasteiger partial charge in [-0.3, -0.25) is 9.78 Å². The first-order valence-electron chi connectivity index (χ1n) is 6.11. The van der Waals surface area contributed by atoms with E-state index in [0.717, 1.165) is 5.69 Å². The number of pyridine rings is 1. The summed E-state index contributed by atoms with van der Waals surface area (Å²) >= 11 is 0. The molecule has 1 aliphatic carbocycles. The summed E-state index contributed by atoms with van der Waals surface area (Å²) in [6.45, 7) is 4.22. The van der Waals surface area contributed by atoms with Gasteiger partial charge in [0.1, 0.15) is 0 Å². The van der Waals surface area contributed by atoms with E-state index in [4.69, 9.17) is 4.42 Å². The molecule has 1 aliphatic rings. The molecule has 0 aromatic carbocycles. The van der Waals surface area contributed by atoms with Crippen LogP contribution in [0.1, 0.15) is 36.0 Å². The Labute approximate surface area is 106 Å². The number of aromatic nitrogens is 1. The quantitative estimate of drug-likeness (QED) is 0.774. The van der Waals surface area contributed by atoms with Gasteiger partial charge in [-0.2, -0.15) is 0 Å². The van der Waals surface area contributed by atoms with Gasteiger partial charge in [-0.15, -0.1) is 0 Å². The zero-order chi connectivity index (χ0) is 12.8. The molecular weight excluding hydrogens is 226 g/mol. The maximum absolute atomic E-state index is 12.3. The molecule has 2 heterocycles. The van der Waals surface area contributed by atoms with Crippen LogP contribution in [0.25, 0.3) is 0 Å². The highest BCUT2D eigenvalue weighted by Gasteiger charge is 2.63. The summed E-state index contributed by atoms with van der Waals surface area (Å²) in [6.07, 6.45) is 3.32. The molecule has 0 amide bonds. The third-order valence-corrected chi connectivity index (χ3v) is 3.88. The lowest BCUT2D eigenvalue weighted by atomic mass is 10.1. The Morgan fingerprint density at radius 1 is 1.28 bits per heavy atom. The normalized spacial score (nSPS) is 24.8. The van der Waals surface area contributed by atoms with Gasteiger partial charge in [0.25, 0.3) is 0 Å². The zero-order valence-corrected chi connectivity index (χ0v) is 10.5. The highest BCUT2D eigenvalue weighted by atomic mass is 16.3. The summed E-state index contributed by atoms with van der Waals surface area (Å²) in [5.41, 5.74) is 0.950. The predicted molar refractivity (Wildman–Crippen MR) is 67.3 cm³/mol. The largest absolute Gasteiger partial charge is 0.461 e. The molecule has 1 fully saturated rings. The second-order valence-electron chi connectivity index (χ2n) is 5.37. The first kappa shape index (κ1) is 11.2. The predicted octanol–water partition coefficient (Wildman–Crippen LogP) is 3.30. The number of ketones is 1. The molecule has 2 aromatic heterocycles.